The molecule has 3 aliphatic carbocycles. The topological polar surface area (TPSA) is 30.0 Å². The van der Waals surface area contributed by atoms with E-state index in [1.165, 1.54) is 0 Å². The number of rotatable bonds is 1. The molecule has 4 rings (SSSR count). The normalized spacial score (nSPS) is 32.4. The fourth-order valence-corrected chi connectivity index (χ4v) is 3.17. The highest BCUT2D eigenvalue weighted by molar-refractivity contribution is 6.03. The summed E-state index contributed by atoms with van der Waals surface area (Å²) in [6.07, 6.45) is 5.76. The van der Waals surface area contributed by atoms with Crippen molar-refractivity contribution < 1.29 is 4.79 Å². The van der Waals surface area contributed by atoms with Gasteiger partial charge in [0, 0.05) is 12.1 Å². The number of carbonyl (C=O) groups is 1. The smallest absolute Gasteiger partial charge is 0.162 e. The van der Waals surface area contributed by atoms with E-state index in [0.29, 0.717) is 11.7 Å². The summed E-state index contributed by atoms with van der Waals surface area (Å²) in [6.45, 7) is 4.45. The number of allylic oxidation sites excluding steroid dienone is 1. The zero-order valence-electron chi connectivity index (χ0n) is 10.3. The van der Waals surface area contributed by atoms with Gasteiger partial charge >= 0.3 is 0 Å². The first-order valence-electron chi connectivity index (χ1n) is 6.25. The molecule has 0 aromatic carbocycles. The van der Waals surface area contributed by atoms with Crippen molar-refractivity contribution in [1.29, 1.82) is 0 Å². The van der Waals surface area contributed by atoms with E-state index >= 15 is 0 Å². The molecule has 2 nitrogen and oxygen atoms in total. The molecule has 0 aliphatic heterocycles. The van der Waals surface area contributed by atoms with Crippen molar-refractivity contribution >= 4 is 11.9 Å². The van der Waals surface area contributed by atoms with Crippen LogP contribution in [0, 0.1) is 17.3 Å². The Morgan fingerprint density at radius 2 is 2.24 bits per heavy atom. The summed E-state index contributed by atoms with van der Waals surface area (Å²) < 4.78 is 0. The fourth-order valence-electron chi connectivity index (χ4n) is 3.17. The number of ketones is 1. The number of Topliss-reactive ketones (excluding diaryl/α,β-unsaturated/α-hetero) is 1. The first-order valence-corrected chi connectivity index (χ1v) is 6.25. The SMILES string of the molecule is CC1(C)[C@H]2C/C(=C\c3ccccn3)C(=O)[C@@H]1C2. The molecule has 0 amide bonds. The summed E-state index contributed by atoms with van der Waals surface area (Å²) in [5.74, 6) is 1.28. The summed E-state index contributed by atoms with van der Waals surface area (Å²) in [5.41, 5.74) is 2.10. The summed E-state index contributed by atoms with van der Waals surface area (Å²) in [7, 11) is 0. The molecule has 2 heteroatoms. The molecular weight excluding hydrogens is 210 g/mol. The van der Waals surface area contributed by atoms with Gasteiger partial charge in [0.15, 0.2) is 5.78 Å². The van der Waals surface area contributed by atoms with E-state index in [2.05, 4.69) is 18.8 Å². The van der Waals surface area contributed by atoms with Crippen LogP contribution >= 0.6 is 0 Å². The zero-order chi connectivity index (χ0) is 12.0. The maximum absolute atomic E-state index is 12.3. The Morgan fingerprint density at radius 3 is 2.82 bits per heavy atom. The van der Waals surface area contributed by atoms with E-state index in [1.807, 2.05) is 24.3 Å². The lowest BCUT2D eigenvalue weighted by molar-refractivity contribution is -0.140. The van der Waals surface area contributed by atoms with Crippen LogP contribution in [0.1, 0.15) is 32.4 Å². The van der Waals surface area contributed by atoms with Crippen LogP contribution < -0.4 is 0 Å². The fraction of sp³-hybridized carbons (Fsp3) is 0.467. The molecule has 1 heterocycles. The van der Waals surface area contributed by atoms with E-state index in [1.54, 1.807) is 6.20 Å². The molecule has 3 saturated carbocycles. The molecular formula is C15H17NO. The van der Waals surface area contributed by atoms with E-state index in [0.717, 1.165) is 24.1 Å². The van der Waals surface area contributed by atoms with Crippen LogP contribution in [0.5, 0.6) is 0 Å². The van der Waals surface area contributed by atoms with Crippen LogP contribution in [-0.2, 0) is 4.79 Å². The Hall–Kier alpha value is -1.44. The highest BCUT2D eigenvalue weighted by atomic mass is 16.1. The van der Waals surface area contributed by atoms with Crippen LogP contribution in [0.25, 0.3) is 6.08 Å². The van der Waals surface area contributed by atoms with Crippen molar-refractivity contribution in [3.63, 3.8) is 0 Å². The second-order valence-electron chi connectivity index (χ2n) is 5.80. The molecule has 1 aromatic heterocycles. The first kappa shape index (κ1) is 10.7. The molecule has 1 aromatic rings. The number of nitrogens with zero attached hydrogens (tertiary/aromatic N) is 1. The molecule has 2 bridgehead atoms. The molecule has 0 spiro atoms. The van der Waals surface area contributed by atoms with Gasteiger partial charge in [-0.15, -0.1) is 0 Å². The molecule has 2 atom stereocenters. The van der Waals surface area contributed by atoms with Gasteiger partial charge in [-0.2, -0.15) is 0 Å². The van der Waals surface area contributed by atoms with Gasteiger partial charge in [0.25, 0.3) is 0 Å². The molecule has 17 heavy (non-hydrogen) atoms. The lowest BCUT2D eigenvalue weighted by Gasteiger charge is -2.55. The summed E-state index contributed by atoms with van der Waals surface area (Å²) >= 11 is 0. The van der Waals surface area contributed by atoms with Gasteiger partial charge in [-0.05, 0) is 48.0 Å². The maximum Gasteiger partial charge on any atom is 0.162 e. The Bertz CT molecular complexity index is 487. The van der Waals surface area contributed by atoms with Crippen LogP contribution in [0.2, 0.25) is 0 Å². The van der Waals surface area contributed by atoms with Crippen molar-refractivity contribution in [1.82, 2.24) is 4.98 Å². The number of pyridine rings is 1. The van der Waals surface area contributed by atoms with E-state index in [-0.39, 0.29) is 11.3 Å². The van der Waals surface area contributed by atoms with Crippen molar-refractivity contribution in [3.8, 4) is 0 Å². The molecule has 0 saturated heterocycles. The summed E-state index contributed by atoms with van der Waals surface area (Å²) in [5, 5.41) is 0. The maximum atomic E-state index is 12.3. The largest absolute Gasteiger partial charge is 0.294 e. The third kappa shape index (κ3) is 1.54. The minimum absolute atomic E-state index is 0.221. The zero-order valence-corrected chi connectivity index (χ0v) is 10.3. The monoisotopic (exact) mass is 227 g/mol. The number of aromatic nitrogens is 1. The van der Waals surface area contributed by atoms with E-state index in [9.17, 15) is 4.79 Å². The predicted octanol–water partition coefficient (Wildman–Crippen LogP) is 3.10. The molecule has 3 fully saturated rings. The van der Waals surface area contributed by atoms with Crippen LogP contribution in [0.15, 0.2) is 30.0 Å². The second kappa shape index (κ2) is 3.52. The standard InChI is InChI=1S/C15H17NO/c1-15(2)11-7-10(14(17)13(15)9-11)8-12-5-3-4-6-16-12/h3-6,8,11,13H,7,9H2,1-2H3/b10-8+/t11-,13-/m0/s1. The first-order chi connectivity index (χ1) is 8.09. The van der Waals surface area contributed by atoms with Gasteiger partial charge < -0.3 is 0 Å². The lowest BCUT2D eigenvalue weighted by Crippen LogP contribution is -2.53. The molecule has 0 radical (unpaired) electrons. The van der Waals surface area contributed by atoms with Gasteiger partial charge in [-0.25, -0.2) is 0 Å². The van der Waals surface area contributed by atoms with Crippen molar-refractivity contribution in [3.05, 3.63) is 35.7 Å². The summed E-state index contributed by atoms with van der Waals surface area (Å²) in [6, 6.07) is 5.80. The van der Waals surface area contributed by atoms with Gasteiger partial charge in [0.1, 0.15) is 0 Å². The van der Waals surface area contributed by atoms with Gasteiger partial charge in [-0.1, -0.05) is 19.9 Å². The van der Waals surface area contributed by atoms with Crippen molar-refractivity contribution in [2.45, 2.75) is 26.7 Å². The number of hydrogen-bond acceptors (Lipinski definition) is 2. The lowest BCUT2D eigenvalue weighted by atomic mass is 9.47. The third-order valence-electron chi connectivity index (χ3n) is 4.58. The highest BCUT2D eigenvalue weighted by Gasteiger charge is 2.55. The van der Waals surface area contributed by atoms with E-state index < -0.39 is 0 Å². The van der Waals surface area contributed by atoms with Gasteiger partial charge in [-0.3, -0.25) is 9.78 Å². The van der Waals surface area contributed by atoms with Crippen LogP contribution in [0.4, 0.5) is 0 Å². The van der Waals surface area contributed by atoms with Crippen LogP contribution in [0.3, 0.4) is 0 Å². The predicted molar refractivity (Wildman–Crippen MR) is 67.2 cm³/mol. The summed E-state index contributed by atoms with van der Waals surface area (Å²) in [4.78, 5) is 16.5. The minimum atomic E-state index is 0.221. The number of hydrogen-bond donors (Lipinski definition) is 0. The molecule has 0 N–H and O–H groups in total. The Balaban J connectivity index is 1.89. The van der Waals surface area contributed by atoms with Gasteiger partial charge in [0.2, 0.25) is 0 Å². The Morgan fingerprint density at radius 1 is 1.41 bits per heavy atom. The third-order valence-corrected chi connectivity index (χ3v) is 4.58. The minimum Gasteiger partial charge on any atom is -0.294 e. The second-order valence-corrected chi connectivity index (χ2v) is 5.80. The molecule has 0 unspecified atom stereocenters. The van der Waals surface area contributed by atoms with E-state index in [4.69, 9.17) is 0 Å². The Labute approximate surface area is 102 Å². The van der Waals surface area contributed by atoms with Crippen molar-refractivity contribution in [2.24, 2.45) is 17.3 Å². The molecule has 3 aliphatic rings. The quantitative estimate of drug-likeness (QED) is 0.690. The molecule has 88 valence electrons. The number of fused-ring (bicyclic) bond motifs is 2. The number of carbonyl (C=O) groups excluding carboxylic acids is 1. The average molecular weight is 227 g/mol. The van der Waals surface area contributed by atoms with Gasteiger partial charge in [0.05, 0.1) is 5.69 Å². The average Bonchev–Trinajstić information content (AvgIpc) is 2.32. The highest BCUT2D eigenvalue weighted by Crippen LogP contribution is 2.59. The Kier molecular flexibility index (Phi) is 2.22. The van der Waals surface area contributed by atoms with Crippen LogP contribution in [-0.4, -0.2) is 10.8 Å². The van der Waals surface area contributed by atoms with Crippen molar-refractivity contribution in [2.75, 3.05) is 0 Å².